The fraction of sp³-hybridized carbons (Fsp3) is 0.531. The first-order chi connectivity index (χ1) is 19.3. The third-order valence-corrected chi connectivity index (χ3v) is 8.08. The van der Waals surface area contributed by atoms with Gasteiger partial charge in [0.05, 0.1) is 12.4 Å². The van der Waals surface area contributed by atoms with Gasteiger partial charge in [-0.15, -0.1) is 0 Å². The summed E-state index contributed by atoms with van der Waals surface area (Å²) in [4.78, 5) is 41.2. The summed E-state index contributed by atoms with van der Waals surface area (Å²) in [5.74, 6) is -0.822. The van der Waals surface area contributed by atoms with Crippen molar-refractivity contribution in [1.82, 2.24) is 10.6 Å². The molecule has 0 amide bonds. The minimum absolute atomic E-state index is 0.121. The number of nitrogens with one attached hydrogen (secondary N) is 2. The zero-order valence-electron chi connectivity index (χ0n) is 24.0. The van der Waals surface area contributed by atoms with Crippen molar-refractivity contribution in [3.8, 4) is 0 Å². The number of dihydropyridines is 1. The molecule has 2 heterocycles. The number of ketones is 2. The summed E-state index contributed by atoms with van der Waals surface area (Å²) in [6.07, 6.45) is 11.6. The average molecular weight is 550 g/mol. The van der Waals surface area contributed by atoms with Crippen LogP contribution in [0.2, 0.25) is 0 Å². The molecule has 2 aliphatic heterocycles. The molecule has 1 aromatic rings. The Hall–Kier alpha value is -3.23. The van der Waals surface area contributed by atoms with Crippen LogP contribution in [0.4, 0.5) is 0 Å². The number of rotatable bonds is 15. The molecule has 0 aromatic heterocycles. The van der Waals surface area contributed by atoms with E-state index in [1.54, 1.807) is 24.3 Å². The highest BCUT2D eigenvalue weighted by Gasteiger charge is 2.85. The van der Waals surface area contributed by atoms with Gasteiger partial charge in [-0.1, -0.05) is 68.7 Å². The summed E-state index contributed by atoms with van der Waals surface area (Å²) >= 11 is 0. The van der Waals surface area contributed by atoms with Crippen LogP contribution < -0.4 is 16.4 Å². The number of allylic oxidation sites excluding steroid dienone is 3. The number of Topliss-reactive ketones (excluding diaryl/α,β-unsaturated/α-hetero) is 2. The number of hydrogen-bond acceptors (Lipinski definition) is 8. The molecule has 1 aliphatic carbocycles. The second-order valence-electron chi connectivity index (χ2n) is 11.1. The number of benzene rings is 1. The van der Waals surface area contributed by atoms with E-state index in [-0.39, 0.29) is 30.3 Å². The van der Waals surface area contributed by atoms with E-state index in [0.29, 0.717) is 17.9 Å². The molecular weight excluding hydrogens is 506 g/mol. The molecule has 0 unspecified atom stereocenters. The van der Waals surface area contributed by atoms with Crippen molar-refractivity contribution < 1.29 is 23.9 Å². The van der Waals surface area contributed by atoms with Crippen molar-refractivity contribution >= 4 is 17.5 Å². The van der Waals surface area contributed by atoms with Crippen molar-refractivity contribution in [2.45, 2.75) is 76.9 Å². The van der Waals surface area contributed by atoms with Gasteiger partial charge in [0.1, 0.15) is 0 Å². The van der Waals surface area contributed by atoms with Gasteiger partial charge in [0.25, 0.3) is 5.60 Å². The van der Waals surface area contributed by atoms with E-state index >= 15 is 0 Å². The first-order valence-corrected chi connectivity index (χ1v) is 14.6. The number of ether oxygens (including phenoxy) is 2. The zero-order valence-corrected chi connectivity index (χ0v) is 24.0. The van der Waals surface area contributed by atoms with Crippen LogP contribution in [0.25, 0.3) is 0 Å². The van der Waals surface area contributed by atoms with Gasteiger partial charge in [-0.05, 0) is 50.8 Å². The van der Waals surface area contributed by atoms with E-state index in [1.807, 2.05) is 19.1 Å². The summed E-state index contributed by atoms with van der Waals surface area (Å²) in [5, 5.41) is 6.47. The van der Waals surface area contributed by atoms with Crippen molar-refractivity contribution in [1.29, 1.82) is 0 Å². The predicted octanol–water partition coefficient (Wildman–Crippen LogP) is 4.37. The van der Waals surface area contributed by atoms with Gasteiger partial charge in [-0.25, -0.2) is 4.79 Å². The number of nitrogens with two attached hydrogens (primary N) is 1. The van der Waals surface area contributed by atoms with Crippen LogP contribution in [0, 0.1) is 5.92 Å². The normalized spacial score (nSPS) is 24.3. The maximum atomic E-state index is 13.8. The fourth-order valence-electron chi connectivity index (χ4n) is 5.60. The summed E-state index contributed by atoms with van der Waals surface area (Å²) in [7, 11) is 0. The highest BCUT2D eigenvalue weighted by Crippen LogP contribution is 2.58. The quantitative estimate of drug-likeness (QED) is 0.0969. The summed E-state index contributed by atoms with van der Waals surface area (Å²) in [6, 6.07) is 6.63. The smallest absolute Gasteiger partial charge is 0.350 e. The van der Waals surface area contributed by atoms with Gasteiger partial charge in [0.15, 0.2) is 11.4 Å². The average Bonchev–Trinajstić information content (AvgIpc) is 3.67. The Labute approximate surface area is 237 Å². The third-order valence-electron chi connectivity index (χ3n) is 8.08. The summed E-state index contributed by atoms with van der Waals surface area (Å²) in [6.45, 7) is 8.71. The van der Waals surface area contributed by atoms with E-state index < -0.39 is 23.0 Å². The molecule has 3 atom stereocenters. The van der Waals surface area contributed by atoms with Crippen LogP contribution in [0.1, 0.15) is 86.4 Å². The SMILES string of the molecule is CCCC[C@H](CNCCC)COC(=O)[C@]12O[C@@]1(C/C=C(\C)CCC1=CCNC(N)=C1)C(=O)c1ccccc1C2=O. The van der Waals surface area contributed by atoms with E-state index in [9.17, 15) is 14.4 Å². The summed E-state index contributed by atoms with van der Waals surface area (Å²) < 4.78 is 11.8. The molecule has 0 saturated carbocycles. The molecule has 1 fully saturated rings. The molecule has 1 saturated heterocycles. The Kier molecular flexibility index (Phi) is 9.64. The lowest BCUT2D eigenvalue weighted by Gasteiger charge is -2.24. The lowest BCUT2D eigenvalue weighted by molar-refractivity contribution is -0.149. The molecule has 40 heavy (non-hydrogen) atoms. The molecule has 4 N–H and O–H groups in total. The third kappa shape index (κ3) is 5.93. The molecular formula is C32H43N3O5. The van der Waals surface area contributed by atoms with Crippen LogP contribution in [-0.4, -0.2) is 55.0 Å². The predicted molar refractivity (Wildman–Crippen MR) is 155 cm³/mol. The highest BCUT2D eigenvalue weighted by molar-refractivity contribution is 6.32. The second-order valence-corrected chi connectivity index (χ2v) is 11.1. The Balaban J connectivity index is 1.52. The Morgan fingerprint density at radius 1 is 1.20 bits per heavy atom. The Morgan fingerprint density at radius 2 is 1.95 bits per heavy atom. The molecule has 216 valence electrons. The number of hydrogen-bond donors (Lipinski definition) is 3. The van der Waals surface area contributed by atoms with Gasteiger partial charge in [-0.2, -0.15) is 0 Å². The Morgan fingerprint density at radius 3 is 2.65 bits per heavy atom. The van der Waals surface area contributed by atoms with Crippen LogP contribution in [0.3, 0.4) is 0 Å². The molecule has 8 nitrogen and oxygen atoms in total. The molecule has 0 bridgehead atoms. The zero-order chi connectivity index (χ0) is 28.8. The minimum atomic E-state index is -1.93. The first-order valence-electron chi connectivity index (χ1n) is 14.6. The van der Waals surface area contributed by atoms with Gasteiger partial charge in [0, 0.05) is 36.6 Å². The van der Waals surface area contributed by atoms with E-state index in [4.69, 9.17) is 15.2 Å². The van der Waals surface area contributed by atoms with E-state index in [2.05, 4.69) is 30.6 Å². The first kappa shape index (κ1) is 29.7. The topological polar surface area (TPSA) is 123 Å². The number of carbonyl (C=O) groups is 3. The largest absolute Gasteiger partial charge is 0.463 e. The molecule has 0 radical (unpaired) electrons. The lowest BCUT2D eigenvalue weighted by Crippen LogP contribution is -2.50. The fourth-order valence-corrected chi connectivity index (χ4v) is 5.60. The lowest BCUT2D eigenvalue weighted by atomic mass is 9.72. The Bertz CT molecular complexity index is 1220. The number of unbranched alkanes of at least 4 members (excludes halogenated alkanes) is 1. The van der Waals surface area contributed by atoms with Gasteiger partial charge in [0.2, 0.25) is 5.78 Å². The van der Waals surface area contributed by atoms with Crippen LogP contribution >= 0.6 is 0 Å². The monoisotopic (exact) mass is 549 g/mol. The van der Waals surface area contributed by atoms with Crippen molar-refractivity contribution in [3.05, 3.63) is 70.6 Å². The van der Waals surface area contributed by atoms with Crippen LogP contribution in [0.15, 0.2) is 59.5 Å². The minimum Gasteiger partial charge on any atom is -0.463 e. The number of epoxide rings is 1. The maximum Gasteiger partial charge on any atom is 0.350 e. The molecule has 1 aromatic carbocycles. The molecule has 3 aliphatic rings. The van der Waals surface area contributed by atoms with Crippen molar-refractivity contribution in [2.24, 2.45) is 11.7 Å². The van der Waals surface area contributed by atoms with Crippen LogP contribution in [0.5, 0.6) is 0 Å². The van der Waals surface area contributed by atoms with Crippen molar-refractivity contribution in [3.63, 3.8) is 0 Å². The standard InChI is InChI=1S/C32H43N3O5/c1-4-6-9-24(20-34-17-5-2)21-39-30(38)32-29(37)26-11-8-7-10-25(26)28(36)31(32,40-32)16-14-22(3)12-13-23-15-18-35-27(33)19-23/h7-8,10-11,14-15,19,24,34-35H,4-6,9,12-13,16-18,20-21,33H2,1-3H3/b22-14+/t24-,31+,32+/m1/s1. The van der Waals surface area contributed by atoms with Crippen molar-refractivity contribution in [2.75, 3.05) is 26.2 Å². The maximum absolute atomic E-state index is 13.8. The number of esters is 1. The van der Waals surface area contributed by atoms with E-state index in [1.165, 1.54) is 0 Å². The molecule has 0 spiro atoms. The van der Waals surface area contributed by atoms with Gasteiger partial charge >= 0.3 is 5.97 Å². The number of carbonyl (C=O) groups excluding carboxylic acids is 3. The molecule has 4 rings (SSSR count). The molecule has 8 heteroatoms. The summed E-state index contributed by atoms with van der Waals surface area (Å²) in [5.41, 5.74) is 5.07. The highest BCUT2D eigenvalue weighted by atomic mass is 16.7. The van der Waals surface area contributed by atoms with Gasteiger partial charge < -0.3 is 25.8 Å². The van der Waals surface area contributed by atoms with E-state index in [0.717, 1.165) is 62.8 Å². The number of fused-ring (bicyclic) bond motifs is 2. The second kappa shape index (κ2) is 13.0. The van der Waals surface area contributed by atoms with Gasteiger partial charge in [-0.3, -0.25) is 9.59 Å². The van der Waals surface area contributed by atoms with Crippen LogP contribution in [-0.2, 0) is 14.3 Å².